The molecule has 2 amide bonds. The molecule has 0 saturated heterocycles. The van der Waals surface area contributed by atoms with Gasteiger partial charge in [0.05, 0.1) is 6.10 Å². The zero-order valence-electron chi connectivity index (χ0n) is 15.2. The summed E-state index contributed by atoms with van der Waals surface area (Å²) < 4.78 is 6.78. The van der Waals surface area contributed by atoms with Gasteiger partial charge in [-0.2, -0.15) is 5.10 Å². The summed E-state index contributed by atoms with van der Waals surface area (Å²) in [6, 6.07) is 1.81. The molecule has 8 nitrogen and oxygen atoms in total. The van der Waals surface area contributed by atoms with Crippen molar-refractivity contribution in [1.82, 2.24) is 20.0 Å². The number of nitrogens with zero attached hydrogens (tertiary/aromatic N) is 3. The highest BCUT2D eigenvalue weighted by molar-refractivity contribution is 5.92. The van der Waals surface area contributed by atoms with E-state index in [0.717, 1.165) is 0 Å². The summed E-state index contributed by atoms with van der Waals surface area (Å²) in [6.07, 6.45) is 0.233. The van der Waals surface area contributed by atoms with Crippen LogP contribution >= 0.6 is 0 Å². The van der Waals surface area contributed by atoms with Crippen molar-refractivity contribution in [2.75, 3.05) is 20.1 Å². The van der Waals surface area contributed by atoms with Crippen molar-refractivity contribution in [2.45, 2.75) is 52.4 Å². The smallest absolute Gasteiger partial charge is 0.407 e. The maximum atomic E-state index is 12.3. The average Bonchev–Trinajstić information content (AvgIpc) is 2.92. The van der Waals surface area contributed by atoms with Gasteiger partial charge in [0.2, 0.25) is 0 Å². The van der Waals surface area contributed by atoms with Gasteiger partial charge in [-0.1, -0.05) is 0 Å². The molecule has 8 heteroatoms. The average molecular weight is 340 g/mol. The van der Waals surface area contributed by atoms with E-state index in [1.54, 1.807) is 44.8 Å². The number of hydrogen-bond acceptors (Lipinski definition) is 5. The fraction of sp³-hybridized carbons (Fsp3) is 0.688. The van der Waals surface area contributed by atoms with Gasteiger partial charge in [0.25, 0.3) is 5.91 Å². The van der Waals surface area contributed by atoms with Gasteiger partial charge in [-0.3, -0.25) is 9.48 Å². The zero-order valence-corrected chi connectivity index (χ0v) is 15.2. The molecule has 1 atom stereocenters. The molecule has 136 valence electrons. The minimum atomic E-state index is -0.904. The second-order valence-electron chi connectivity index (χ2n) is 7.00. The quantitative estimate of drug-likeness (QED) is 0.816. The second kappa shape index (κ2) is 8.14. The Balaban J connectivity index is 2.46. The molecular weight excluding hydrogens is 312 g/mol. The van der Waals surface area contributed by atoms with E-state index >= 15 is 0 Å². The molecule has 24 heavy (non-hydrogen) atoms. The van der Waals surface area contributed by atoms with Crippen LogP contribution in [-0.4, -0.2) is 63.6 Å². The van der Waals surface area contributed by atoms with E-state index in [9.17, 15) is 14.7 Å². The predicted octanol–water partition coefficient (Wildman–Crippen LogP) is 1.42. The molecule has 2 N–H and O–H groups in total. The van der Waals surface area contributed by atoms with Gasteiger partial charge >= 0.3 is 6.09 Å². The highest BCUT2D eigenvalue weighted by atomic mass is 16.6. The first-order valence-corrected chi connectivity index (χ1v) is 7.95. The standard InChI is InChI=1S/C16H28N4O4/c1-11(2)20-8-7-13(18-20)14(22)19(6)10-12(21)9-17-15(23)24-16(3,4)5/h7-8,11-12,21H,9-10H2,1-6H3,(H,17,23)/t12-/m1/s1. The minimum Gasteiger partial charge on any atom is -0.444 e. The first-order valence-electron chi connectivity index (χ1n) is 7.95. The van der Waals surface area contributed by atoms with Crippen LogP contribution < -0.4 is 5.32 Å². The molecule has 0 aliphatic rings. The lowest BCUT2D eigenvalue weighted by molar-refractivity contribution is 0.0468. The summed E-state index contributed by atoms with van der Waals surface area (Å²) in [5, 5.41) is 16.6. The van der Waals surface area contributed by atoms with E-state index in [2.05, 4.69) is 10.4 Å². The van der Waals surface area contributed by atoms with Gasteiger partial charge in [-0.05, 0) is 40.7 Å². The Labute approximate surface area is 142 Å². The number of carbonyl (C=O) groups is 2. The largest absolute Gasteiger partial charge is 0.444 e. The lowest BCUT2D eigenvalue weighted by Crippen LogP contribution is -2.42. The first kappa shape index (κ1) is 20.0. The van der Waals surface area contributed by atoms with Crippen LogP contribution in [0.1, 0.15) is 51.1 Å². The molecule has 0 radical (unpaired) electrons. The van der Waals surface area contributed by atoms with Gasteiger partial charge in [0, 0.05) is 32.4 Å². The fourth-order valence-corrected chi connectivity index (χ4v) is 1.91. The van der Waals surface area contributed by atoms with Gasteiger partial charge < -0.3 is 20.1 Å². The molecule has 0 unspecified atom stereocenters. The number of aromatic nitrogens is 2. The minimum absolute atomic E-state index is 0.00698. The van der Waals surface area contributed by atoms with Crippen molar-refractivity contribution in [3.63, 3.8) is 0 Å². The Morgan fingerprint density at radius 2 is 2.04 bits per heavy atom. The molecule has 0 spiro atoms. The SMILES string of the molecule is CC(C)n1ccc(C(=O)N(C)C[C@H](O)CNC(=O)OC(C)(C)C)n1. The van der Waals surface area contributed by atoms with Crippen molar-refractivity contribution >= 4 is 12.0 Å². The molecule has 0 aromatic carbocycles. The number of alkyl carbamates (subject to hydrolysis) is 1. The van der Waals surface area contributed by atoms with Crippen LogP contribution in [0.15, 0.2) is 12.3 Å². The molecule has 1 aromatic rings. The Kier molecular flexibility index (Phi) is 6.77. The van der Waals surface area contributed by atoms with E-state index in [1.807, 2.05) is 13.8 Å². The number of aliphatic hydroxyl groups excluding tert-OH is 1. The van der Waals surface area contributed by atoms with E-state index in [0.29, 0.717) is 5.69 Å². The third kappa shape index (κ3) is 6.57. The van der Waals surface area contributed by atoms with Crippen molar-refractivity contribution in [2.24, 2.45) is 0 Å². The monoisotopic (exact) mass is 340 g/mol. The molecule has 1 aromatic heterocycles. The summed E-state index contributed by atoms with van der Waals surface area (Å²) in [5.74, 6) is -0.286. The first-order chi connectivity index (χ1) is 11.0. The molecular formula is C16H28N4O4. The maximum absolute atomic E-state index is 12.3. The van der Waals surface area contributed by atoms with E-state index in [4.69, 9.17) is 4.74 Å². The second-order valence-corrected chi connectivity index (χ2v) is 7.00. The Bertz CT molecular complexity index is 563. The van der Waals surface area contributed by atoms with Gasteiger partial charge in [-0.15, -0.1) is 0 Å². The van der Waals surface area contributed by atoms with Crippen LogP contribution in [0.5, 0.6) is 0 Å². The van der Waals surface area contributed by atoms with Crippen LogP contribution in [-0.2, 0) is 4.74 Å². The summed E-state index contributed by atoms with van der Waals surface area (Å²) in [4.78, 5) is 25.2. The van der Waals surface area contributed by atoms with Crippen LogP contribution in [0.3, 0.4) is 0 Å². The molecule has 0 aliphatic carbocycles. The number of ether oxygens (including phenoxy) is 1. The van der Waals surface area contributed by atoms with Gasteiger partial charge in [0.15, 0.2) is 0 Å². The van der Waals surface area contributed by atoms with Crippen molar-refractivity contribution in [1.29, 1.82) is 0 Å². The molecule has 0 fully saturated rings. The van der Waals surface area contributed by atoms with E-state index in [1.165, 1.54) is 4.90 Å². The van der Waals surface area contributed by atoms with Gasteiger partial charge in [-0.25, -0.2) is 4.79 Å². The highest BCUT2D eigenvalue weighted by Crippen LogP contribution is 2.08. The molecule has 0 bridgehead atoms. The summed E-state index contributed by atoms with van der Waals surface area (Å²) in [7, 11) is 1.58. The molecule has 1 heterocycles. The van der Waals surface area contributed by atoms with E-state index < -0.39 is 17.8 Å². The topological polar surface area (TPSA) is 96.7 Å². The zero-order chi connectivity index (χ0) is 18.5. The maximum Gasteiger partial charge on any atom is 0.407 e. The number of amides is 2. The number of likely N-dealkylation sites (N-methyl/N-ethyl adjacent to an activating group) is 1. The van der Waals surface area contributed by atoms with Crippen molar-refractivity contribution < 1.29 is 19.4 Å². The normalized spacial score (nSPS) is 12.8. The number of nitrogens with one attached hydrogen (secondary N) is 1. The lowest BCUT2D eigenvalue weighted by atomic mass is 10.2. The fourth-order valence-electron chi connectivity index (χ4n) is 1.91. The van der Waals surface area contributed by atoms with Crippen LogP contribution in [0, 0.1) is 0 Å². The Morgan fingerprint density at radius 3 is 2.54 bits per heavy atom. The van der Waals surface area contributed by atoms with Gasteiger partial charge in [0.1, 0.15) is 11.3 Å². The third-order valence-electron chi connectivity index (χ3n) is 3.07. The number of hydrogen-bond donors (Lipinski definition) is 2. The number of aliphatic hydroxyl groups is 1. The lowest BCUT2D eigenvalue weighted by Gasteiger charge is -2.22. The van der Waals surface area contributed by atoms with Crippen molar-refractivity contribution in [3.8, 4) is 0 Å². The summed E-state index contributed by atoms with van der Waals surface area (Å²) in [6.45, 7) is 9.27. The molecule has 0 aliphatic heterocycles. The van der Waals surface area contributed by atoms with Crippen LogP contribution in [0.4, 0.5) is 4.79 Å². The van der Waals surface area contributed by atoms with E-state index in [-0.39, 0.29) is 25.0 Å². The number of carbonyl (C=O) groups excluding carboxylic acids is 2. The molecule has 0 saturated carbocycles. The summed E-state index contributed by atoms with van der Waals surface area (Å²) >= 11 is 0. The Morgan fingerprint density at radius 1 is 1.42 bits per heavy atom. The Hall–Kier alpha value is -2.09. The van der Waals surface area contributed by atoms with Crippen LogP contribution in [0.25, 0.3) is 0 Å². The van der Waals surface area contributed by atoms with Crippen molar-refractivity contribution in [3.05, 3.63) is 18.0 Å². The van der Waals surface area contributed by atoms with Crippen LogP contribution in [0.2, 0.25) is 0 Å². The summed E-state index contributed by atoms with van der Waals surface area (Å²) in [5.41, 5.74) is -0.282. The predicted molar refractivity (Wildman–Crippen MR) is 89.8 cm³/mol. The highest BCUT2D eigenvalue weighted by Gasteiger charge is 2.20. The number of rotatable bonds is 6. The molecule has 1 rings (SSSR count). The third-order valence-corrected chi connectivity index (χ3v) is 3.07.